The van der Waals surface area contributed by atoms with Gasteiger partial charge < -0.3 is 15.1 Å². The van der Waals surface area contributed by atoms with Crippen LogP contribution in [-0.2, 0) is 11.2 Å². The van der Waals surface area contributed by atoms with Crippen molar-refractivity contribution in [2.24, 2.45) is 5.92 Å². The van der Waals surface area contributed by atoms with Gasteiger partial charge in [-0.25, -0.2) is 0 Å². The Balaban J connectivity index is 1.73. The lowest BCUT2D eigenvalue weighted by atomic mass is 9.94. The fourth-order valence-corrected chi connectivity index (χ4v) is 3.18. The molecule has 3 rings (SSSR count). The molecule has 1 aliphatic rings. The van der Waals surface area contributed by atoms with Crippen LogP contribution < -0.4 is 10.6 Å². The molecule has 120 valence electrons. The van der Waals surface area contributed by atoms with Crippen molar-refractivity contribution in [1.82, 2.24) is 10.6 Å². The van der Waals surface area contributed by atoms with Crippen molar-refractivity contribution in [2.45, 2.75) is 18.9 Å². The highest BCUT2D eigenvalue weighted by molar-refractivity contribution is 6.44. The first-order valence-corrected chi connectivity index (χ1v) is 8.09. The van der Waals surface area contributed by atoms with Gasteiger partial charge in [0, 0.05) is 17.5 Å². The summed E-state index contributed by atoms with van der Waals surface area (Å²) in [5.41, 5.74) is 1.23. The van der Waals surface area contributed by atoms with Gasteiger partial charge in [-0.15, -0.1) is 0 Å². The largest absolute Gasteiger partial charge is 0.462 e. The smallest absolute Gasteiger partial charge is 0.224 e. The lowest BCUT2D eigenvalue weighted by molar-refractivity contribution is -0.121. The number of carbonyl (C=O) groups excluding carboxylic acids is 1. The number of hydrogen-bond donors (Lipinski definition) is 2. The molecular weight excluding hydrogens is 337 g/mol. The normalized spacial score (nSPS) is 21.1. The Hall–Kier alpha value is -1.74. The highest BCUT2D eigenvalue weighted by Gasteiger charge is 2.26. The summed E-state index contributed by atoms with van der Waals surface area (Å²) in [6.45, 7) is 1.41. The van der Waals surface area contributed by atoms with Crippen LogP contribution in [0.3, 0.4) is 0 Å². The summed E-state index contributed by atoms with van der Waals surface area (Å²) in [4.78, 5) is 12.3. The molecular formula is C16H15Cl2N3O2. The standard InChI is InChI=1S/C16H15Cl2N3O2/c17-12-2-1-11-10(8-23-16(11)15(12)18)5-14(22)21-13-7-20-4-3-9(13)6-19/h1-2,8-9,13,20H,3-5,7H2,(H,21,22). The molecule has 1 amide bonds. The average molecular weight is 352 g/mol. The molecule has 2 aromatic rings. The number of hydrogen-bond acceptors (Lipinski definition) is 4. The highest BCUT2D eigenvalue weighted by atomic mass is 35.5. The van der Waals surface area contributed by atoms with Crippen molar-refractivity contribution in [3.63, 3.8) is 0 Å². The number of carbonyl (C=O) groups is 1. The molecule has 23 heavy (non-hydrogen) atoms. The van der Waals surface area contributed by atoms with Crippen LogP contribution in [0.15, 0.2) is 22.8 Å². The molecule has 1 aromatic carbocycles. The van der Waals surface area contributed by atoms with E-state index in [1.54, 1.807) is 12.1 Å². The maximum absolute atomic E-state index is 12.3. The third-order valence-electron chi connectivity index (χ3n) is 4.06. The third-order valence-corrected chi connectivity index (χ3v) is 4.85. The molecule has 0 radical (unpaired) electrons. The average Bonchev–Trinajstić information content (AvgIpc) is 2.95. The van der Waals surface area contributed by atoms with E-state index in [0.29, 0.717) is 22.2 Å². The van der Waals surface area contributed by atoms with E-state index >= 15 is 0 Å². The van der Waals surface area contributed by atoms with Gasteiger partial charge in [0.25, 0.3) is 0 Å². The summed E-state index contributed by atoms with van der Waals surface area (Å²) >= 11 is 12.1. The molecule has 0 spiro atoms. The minimum atomic E-state index is -0.169. The fraction of sp³-hybridized carbons (Fsp3) is 0.375. The quantitative estimate of drug-likeness (QED) is 0.890. The van der Waals surface area contributed by atoms with Crippen molar-refractivity contribution >= 4 is 40.1 Å². The first-order valence-electron chi connectivity index (χ1n) is 7.34. The van der Waals surface area contributed by atoms with Crippen molar-refractivity contribution in [2.75, 3.05) is 13.1 Å². The van der Waals surface area contributed by atoms with E-state index < -0.39 is 0 Å². The number of nitrogens with zero attached hydrogens (tertiary/aromatic N) is 1. The van der Waals surface area contributed by atoms with Crippen molar-refractivity contribution in [3.8, 4) is 6.07 Å². The molecule has 2 unspecified atom stereocenters. The van der Waals surface area contributed by atoms with E-state index in [-0.39, 0.29) is 24.3 Å². The lowest BCUT2D eigenvalue weighted by Crippen LogP contribution is -2.51. The van der Waals surface area contributed by atoms with Gasteiger partial charge in [-0.1, -0.05) is 23.2 Å². The topological polar surface area (TPSA) is 78.1 Å². The summed E-state index contributed by atoms with van der Waals surface area (Å²) in [5, 5.41) is 16.8. The van der Waals surface area contributed by atoms with E-state index in [1.807, 2.05) is 0 Å². The number of nitrogens with one attached hydrogen (secondary N) is 2. The van der Waals surface area contributed by atoms with E-state index in [2.05, 4.69) is 16.7 Å². The Bertz CT molecular complexity index is 781. The Morgan fingerprint density at radius 1 is 1.48 bits per heavy atom. The molecule has 0 bridgehead atoms. The van der Waals surface area contributed by atoms with Gasteiger partial charge in [0.1, 0.15) is 5.02 Å². The lowest BCUT2D eigenvalue weighted by Gasteiger charge is -2.28. The van der Waals surface area contributed by atoms with Crippen molar-refractivity contribution < 1.29 is 9.21 Å². The van der Waals surface area contributed by atoms with Gasteiger partial charge >= 0.3 is 0 Å². The van der Waals surface area contributed by atoms with E-state index in [1.165, 1.54) is 6.26 Å². The molecule has 2 N–H and O–H groups in total. The second-order valence-electron chi connectivity index (χ2n) is 5.58. The highest BCUT2D eigenvalue weighted by Crippen LogP contribution is 2.33. The van der Waals surface area contributed by atoms with E-state index in [0.717, 1.165) is 23.9 Å². The maximum Gasteiger partial charge on any atom is 0.224 e. The predicted molar refractivity (Wildman–Crippen MR) is 88.5 cm³/mol. The molecule has 1 saturated heterocycles. The molecule has 0 saturated carbocycles. The van der Waals surface area contributed by atoms with Gasteiger partial charge in [-0.3, -0.25) is 4.79 Å². The molecule has 1 fully saturated rings. The first kappa shape index (κ1) is 16.1. The molecule has 7 heteroatoms. The van der Waals surface area contributed by atoms with Crippen LogP contribution in [-0.4, -0.2) is 25.0 Å². The number of rotatable bonds is 3. The molecule has 2 heterocycles. The maximum atomic E-state index is 12.3. The first-order chi connectivity index (χ1) is 11.1. The van der Waals surface area contributed by atoms with Gasteiger partial charge in [-0.05, 0) is 25.1 Å². The van der Waals surface area contributed by atoms with Crippen LogP contribution in [0.25, 0.3) is 11.0 Å². The van der Waals surface area contributed by atoms with Crippen LogP contribution in [0.5, 0.6) is 0 Å². The van der Waals surface area contributed by atoms with Crippen molar-refractivity contribution in [1.29, 1.82) is 5.26 Å². The Labute approximate surface area is 143 Å². The molecule has 0 aliphatic carbocycles. The zero-order valence-corrected chi connectivity index (χ0v) is 13.7. The monoisotopic (exact) mass is 351 g/mol. The summed E-state index contributed by atoms with van der Waals surface area (Å²) in [6, 6.07) is 5.56. The third kappa shape index (κ3) is 3.30. The van der Waals surface area contributed by atoms with Crippen LogP contribution in [0, 0.1) is 17.2 Å². The minimum Gasteiger partial charge on any atom is -0.462 e. The van der Waals surface area contributed by atoms with E-state index in [9.17, 15) is 4.79 Å². The fourth-order valence-electron chi connectivity index (χ4n) is 2.83. The number of benzene rings is 1. The number of furan rings is 1. The van der Waals surface area contributed by atoms with Crippen LogP contribution >= 0.6 is 23.2 Å². The number of fused-ring (bicyclic) bond motifs is 1. The van der Waals surface area contributed by atoms with Gasteiger partial charge in [0.05, 0.1) is 35.7 Å². The summed E-state index contributed by atoms with van der Waals surface area (Å²) in [6.07, 6.45) is 2.43. The van der Waals surface area contributed by atoms with Gasteiger partial charge in [0.2, 0.25) is 5.91 Å². The van der Waals surface area contributed by atoms with Gasteiger partial charge in [-0.2, -0.15) is 5.26 Å². The molecule has 1 aromatic heterocycles. The SMILES string of the molecule is N#CC1CCNCC1NC(=O)Cc1coc2c(Cl)c(Cl)ccc12. The molecule has 2 atom stereocenters. The number of piperidine rings is 1. The predicted octanol–water partition coefficient (Wildman–Crippen LogP) is 2.90. The minimum absolute atomic E-state index is 0.146. The van der Waals surface area contributed by atoms with Crippen LogP contribution in [0.1, 0.15) is 12.0 Å². The second kappa shape index (κ2) is 6.79. The van der Waals surface area contributed by atoms with Crippen LogP contribution in [0.2, 0.25) is 10.0 Å². The summed E-state index contributed by atoms with van der Waals surface area (Å²) in [7, 11) is 0. The molecule has 5 nitrogen and oxygen atoms in total. The zero-order valence-electron chi connectivity index (χ0n) is 12.2. The Kier molecular flexibility index (Phi) is 4.76. The summed E-state index contributed by atoms with van der Waals surface area (Å²) in [5.74, 6) is -0.303. The number of nitriles is 1. The Morgan fingerprint density at radius 3 is 3.09 bits per heavy atom. The van der Waals surface area contributed by atoms with E-state index in [4.69, 9.17) is 32.9 Å². The Morgan fingerprint density at radius 2 is 2.30 bits per heavy atom. The van der Waals surface area contributed by atoms with Crippen molar-refractivity contribution in [3.05, 3.63) is 34.0 Å². The number of amides is 1. The number of halogens is 2. The second-order valence-corrected chi connectivity index (χ2v) is 6.36. The van der Waals surface area contributed by atoms with Gasteiger partial charge in [0.15, 0.2) is 5.58 Å². The van der Waals surface area contributed by atoms with Crippen LogP contribution in [0.4, 0.5) is 0 Å². The molecule has 1 aliphatic heterocycles. The summed E-state index contributed by atoms with van der Waals surface area (Å²) < 4.78 is 5.43. The zero-order chi connectivity index (χ0) is 16.4.